The monoisotopic (exact) mass is 417 g/mol. The quantitative estimate of drug-likeness (QED) is 0.773. The lowest BCUT2D eigenvalue weighted by Gasteiger charge is -2.34. The number of carbonyl (C=O) groups excluding carboxylic acids is 2. The van der Waals surface area contributed by atoms with Gasteiger partial charge in [-0.2, -0.15) is 0 Å². The first-order valence-corrected chi connectivity index (χ1v) is 11.2. The molecule has 0 aromatic carbocycles. The molecule has 1 aliphatic carbocycles. The predicted molar refractivity (Wildman–Crippen MR) is 111 cm³/mol. The summed E-state index contributed by atoms with van der Waals surface area (Å²) >= 11 is 1.17. The van der Waals surface area contributed by atoms with Crippen molar-refractivity contribution in [3.8, 4) is 0 Å². The predicted octanol–water partition coefficient (Wildman–Crippen LogP) is 2.81. The minimum absolute atomic E-state index is 0.0894. The normalized spacial score (nSPS) is 23.8. The second kappa shape index (κ2) is 7.89. The van der Waals surface area contributed by atoms with Gasteiger partial charge in [0.25, 0.3) is 11.5 Å². The van der Waals surface area contributed by atoms with Crippen LogP contribution in [-0.2, 0) is 22.5 Å². The molecule has 1 amide bonds. The van der Waals surface area contributed by atoms with E-state index >= 15 is 0 Å². The summed E-state index contributed by atoms with van der Waals surface area (Å²) in [6.07, 6.45) is 4.94. The molecule has 3 atom stereocenters. The van der Waals surface area contributed by atoms with Crippen LogP contribution in [0.3, 0.4) is 0 Å². The topological polar surface area (TPSA) is 90.3 Å². The molecule has 8 heteroatoms. The highest BCUT2D eigenvalue weighted by Crippen LogP contribution is 2.30. The van der Waals surface area contributed by atoms with Crippen LogP contribution in [0.25, 0.3) is 10.2 Å². The van der Waals surface area contributed by atoms with Crippen molar-refractivity contribution in [2.45, 2.75) is 65.5 Å². The Labute approximate surface area is 173 Å². The highest BCUT2D eigenvalue weighted by Gasteiger charge is 2.29. The lowest BCUT2D eigenvalue weighted by atomic mass is 9.78. The molecule has 3 heterocycles. The number of carbonyl (C=O) groups is 2. The van der Waals surface area contributed by atoms with Crippen molar-refractivity contribution in [2.75, 3.05) is 6.61 Å². The van der Waals surface area contributed by atoms with Crippen LogP contribution in [0.4, 0.5) is 0 Å². The molecule has 7 nitrogen and oxygen atoms in total. The highest BCUT2D eigenvalue weighted by molar-refractivity contribution is 7.20. The fourth-order valence-corrected chi connectivity index (χ4v) is 5.59. The van der Waals surface area contributed by atoms with Gasteiger partial charge in [-0.25, -0.2) is 9.78 Å². The van der Waals surface area contributed by atoms with Crippen molar-refractivity contribution in [3.05, 3.63) is 26.6 Å². The second-order valence-corrected chi connectivity index (χ2v) is 9.34. The van der Waals surface area contributed by atoms with Crippen molar-refractivity contribution in [3.63, 3.8) is 0 Å². The molecule has 1 aliphatic heterocycles. The van der Waals surface area contributed by atoms with E-state index in [2.05, 4.69) is 24.1 Å². The Balaban J connectivity index is 1.44. The molecule has 2 aromatic heterocycles. The first kappa shape index (κ1) is 20.1. The maximum absolute atomic E-state index is 12.7. The standard InChI is InChI=1S/C21H27N3O4S/c1-11-6-4-7-14(12(11)2)22-16(25)10-28-21(27)18-13(3)17-19(29-18)23-15-8-5-9-24(15)20(17)26/h11-12,14H,4-10H2,1-3H3,(H,22,25)/t11-,12+,14-/m1/s1. The highest BCUT2D eigenvalue weighted by atomic mass is 32.1. The number of ether oxygens (including phenoxy) is 1. The van der Waals surface area contributed by atoms with Crippen molar-refractivity contribution in [1.29, 1.82) is 0 Å². The SMILES string of the molecule is Cc1c(C(=O)OCC(=O)N[C@@H]2CCC[C@@H](C)[C@@H]2C)sc2nc3n(c(=O)c12)CCC3. The second-order valence-electron chi connectivity index (χ2n) is 8.34. The maximum atomic E-state index is 12.7. The Bertz CT molecular complexity index is 1030. The number of thiophene rings is 1. The van der Waals surface area contributed by atoms with Crippen LogP contribution in [0.1, 0.15) is 60.6 Å². The number of esters is 1. The fraction of sp³-hybridized carbons (Fsp3) is 0.619. The third-order valence-electron chi connectivity index (χ3n) is 6.48. The summed E-state index contributed by atoms with van der Waals surface area (Å²) in [7, 11) is 0. The molecule has 4 rings (SSSR count). The molecule has 0 saturated heterocycles. The first-order chi connectivity index (χ1) is 13.9. The van der Waals surface area contributed by atoms with Crippen LogP contribution in [0, 0.1) is 18.8 Å². The van der Waals surface area contributed by atoms with E-state index < -0.39 is 5.97 Å². The largest absolute Gasteiger partial charge is 0.451 e. The Morgan fingerprint density at radius 2 is 2.07 bits per heavy atom. The minimum atomic E-state index is -0.574. The molecule has 1 saturated carbocycles. The maximum Gasteiger partial charge on any atom is 0.349 e. The zero-order valence-corrected chi connectivity index (χ0v) is 17.9. The Morgan fingerprint density at radius 1 is 1.28 bits per heavy atom. The van der Waals surface area contributed by atoms with Crippen molar-refractivity contribution in [1.82, 2.24) is 14.9 Å². The average Bonchev–Trinajstić information content (AvgIpc) is 3.29. The Hall–Kier alpha value is -2.22. The van der Waals surface area contributed by atoms with Crippen molar-refractivity contribution >= 4 is 33.4 Å². The van der Waals surface area contributed by atoms with E-state index in [-0.39, 0.29) is 24.1 Å². The molecule has 0 unspecified atom stereocenters. The van der Waals surface area contributed by atoms with Crippen molar-refractivity contribution < 1.29 is 14.3 Å². The molecule has 1 N–H and O–H groups in total. The molecule has 2 aliphatic rings. The molecule has 29 heavy (non-hydrogen) atoms. The van der Waals surface area contributed by atoms with Crippen LogP contribution in [0.15, 0.2) is 4.79 Å². The summed E-state index contributed by atoms with van der Waals surface area (Å²) in [5.41, 5.74) is 0.498. The van der Waals surface area contributed by atoms with E-state index in [1.165, 1.54) is 17.8 Å². The number of nitrogens with zero attached hydrogens (tertiary/aromatic N) is 2. The summed E-state index contributed by atoms with van der Waals surface area (Å²) in [5, 5.41) is 3.50. The number of rotatable bonds is 4. The van der Waals surface area contributed by atoms with E-state index in [0.717, 1.165) is 31.5 Å². The molecule has 0 radical (unpaired) electrons. The van der Waals surface area contributed by atoms with Gasteiger partial charge in [-0.05, 0) is 37.2 Å². The van der Waals surface area contributed by atoms with Gasteiger partial charge in [0, 0.05) is 19.0 Å². The van der Waals surface area contributed by atoms with Crippen molar-refractivity contribution in [2.24, 2.45) is 11.8 Å². The van der Waals surface area contributed by atoms with Gasteiger partial charge in [0.15, 0.2) is 6.61 Å². The smallest absolute Gasteiger partial charge is 0.349 e. The lowest BCUT2D eigenvalue weighted by molar-refractivity contribution is -0.125. The van der Waals surface area contributed by atoms with Gasteiger partial charge in [-0.3, -0.25) is 14.2 Å². The zero-order valence-electron chi connectivity index (χ0n) is 17.1. The van der Waals surface area contributed by atoms with Gasteiger partial charge < -0.3 is 10.1 Å². The van der Waals surface area contributed by atoms with Gasteiger partial charge >= 0.3 is 5.97 Å². The Morgan fingerprint density at radius 3 is 2.86 bits per heavy atom. The van der Waals surface area contributed by atoms with Gasteiger partial charge in [0.1, 0.15) is 15.5 Å². The van der Waals surface area contributed by atoms with Crippen LogP contribution in [0.5, 0.6) is 0 Å². The van der Waals surface area contributed by atoms with Crippen LogP contribution < -0.4 is 10.9 Å². The van der Waals surface area contributed by atoms with E-state index in [4.69, 9.17) is 4.74 Å². The van der Waals surface area contributed by atoms with Gasteiger partial charge in [-0.15, -0.1) is 11.3 Å². The number of aromatic nitrogens is 2. The molecule has 2 aromatic rings. The van der Waals surface area contributed by atoms with Gasteiger partial charge in [0.2, 0.25) is 0 Å². The Kier molecular flexibility index (Phi) is 5.46. The minimum Gasteiger partial charge on any atom is -0.451 e. The summed E-state index contributed by atoms with van der Waals surface area (Å²) in [6, 6.07) is 0.127. The summed E-state index contributed by atoms with van der Waals surface area (Å²) in [5.74, 6) is 0.912. The van der Waals surface area contributed by atoms with Crippen LogP contribution in [0.2, 0.25) is 0 Å². The molecular formula is C21H27N3O4S. The number of hydrogen-bond donors (Lipinski definition) is 1. The van der Waals surface area contributed by atoms with Crippen LogP contribution >= 0.6 is 11.3 Å². The summed E-state index contributed by atoms with van der Waals surface area (Å²) in [6.45, 7) is 6.47. The molecule has 0 spiro atoms. The summed E-state index contributed by atoms with van der Waals surface area (Å²) < 4.78 is 6.96. The molecular weight excluding hydrogens is 390 g/mol. The molecule has 0 bridgehead atoms. The third-order valence-corrected chi connectivity index (χ3v) is 7.65. The van der Waals surface area contributed by atoms with E-state index in [9.17, 15) is 14.4 Å². The lowest BCUT2D eigenvalue weighted by Crippen LogP contribution is -2.45. The number of fused-ring (bicyclic) bond motifs is 2. The molecule has 156 valence electrons. The van der Waals surface area contributed by atoms with E-state index in [1.54, 1.807) is 11.5 Å². The number of nitrogens with one attached hydrogen (secondary N) is 1. The fourth-order valence-electron chi connectivity index (χ4n) is 4.50. The average molecular weight is 418 g/mol. The summed E-state index contributed by atoms with van der Waals surface area (Å²) in [4.78, 5) is 43.1. The zero-order chi connectivity index (χ0) is 20.7. The van der Waals surface area contributed by atoms with Crippen LogP contribution in [-0.4, -0.2) is 34.1 Å². The molecule has 1 fully saturated rings. The first-order valence-electron chi connectivity index (χ1n) is 10.4. The third kappa shape index (κ3) is 3.70. The van der Waals surface area contributed by atoms with Gasteiger partial charge in [0.05, 0.1) is 5.39 Å². The van der Waals surface area contributed by atoms with E-state index in [1.807, 2.05) is 0 Å². The number of aryl methyl sites for hydroxylation is 2. The number of amides is 1. The number of hydrogen-bond acceptors (Lipinski definition) is 6. The van der Waals surface area contributed by atoms with E-state index in [0.29, 0.717) is 39.0 Å². The van der Waals surface area contributed by atoms with Gasteiger partial charge in [-0.1, -0.05) is 26.7 Å².